The quantitative estimate of drug-likeness (QED) is 0.724. The zero-order valence-corrected chi connectivity index (χ0v) is 14.9. The second kappa shape index (κ2) is 6.68. The van der Waals surface area contributed by atoms with E-state index in [2.05, 4.69) is 56.1 Å². The van der Waals surface area contributed by atoms with Gasteiger partial charge in [0.25, 0.3) is 0 Å². The number of aromatic nitrogens is 1. The number of rotatable bonds is 4. The van der Waals surface area contributed by atoms with E-state index in [1.54, 1.807) is 0 Å². The van der Waals surface area contributed by atoms with Crippen LogP contribution in [-0.2, 0) is 16.8 Å². The van der Waals surface area contributed by atoms with Gasteiger partial charge in [-0.05, 0) is 42.5 Å². The van der Waals surface area contributed by atoms with Gasteiger partial charge in [0.1, 0.15) is 18.1 Å². The van der Waals surface area contributed by atoms with E-state index in [4.69, 9.17) is 9.15 Å². The molecule has 2 aromatic rings. The molecule has 3 nitrogen and oxygen atoms in total. The molecule has 1 aliphatic carbocycles. The number of oxazole rings is 1. The molecule has 1 heterocycles. The van der Waals surface area contributed by atoms with Crippen LogP contribution in [0.2, 0.25) is 0 Å². The molecule has 24 heavy (non-hydrogen) atoms. The van der Waals surface area contributed by atoms with Crippen molar-refractivity contribution in [2.75, 3.05) is 0 Å². The Bertz CT molecular complexity index is 758. The summed E-state index contributed by atoms with van der Waals surface area (Å²) >= 11 is 0. The van der Waals surface area contributed by atoms with Gasteiger partial charge in [-0.25, -0.2) is 4.98 Å². The van der Waals surface area contributed by atoms with E-state index < -0.39 is 0 Å². The summed E-state index contributed by atoms with van der Waals surface area (Å²) in [5, 5.41) is 0. The first kappa shape index (κ1) is 16.6. The van der Waals surface area contributed by atoms with Gasteiger partial charge in [0, 0.05) is 12.0 Å². The number of allylic oxidation sites excluding steroid dienone is 4. The average molecular weight is 323 g/mol. The van der Waals surface area contributed by atoms with Crippen LogP contribution in [0, 0.1) is 6.92 Å². The van der Waals surface area contributed by atoms with Crippen LogP contribution in [0.15, 0.2) is 52.7 Å². The molecule has 0 aliphatic heterocycles. The van der Waals surface area contributed by atoms with Gasteiger partial charge in [0.15, 0.2) is 0 Å². The fraction of sp³-hybridized carbons (Fsp3) is 0.381. The van der Waals surface area contributed by atoms with Gasteiger partial charge in [0.2, 0.25) is 5.89 Å². The van der Waals surface area contributed by atoms with Gasteiger partial charge in [-0.15, -0.1) is 0 Å². The zero-order chi connectivity index (χ0) is 17.2. The standard InChI is InChI=1S/C21H25NO2/c1-15-19(14-23-18-8-6-5-7-9-18)22-20(24-15)16-10-12-17(13-11-16)21(2,3)4/h5-6,8,10-13H,7,9,14H2,1-4H3. The summed E-state index contributed by atoms with van der Waals surface area (Å²) in [5.41, 5.74) is 3.31. The van der Waals surface area contributed by atoms with Crippen molar-refractivity contribution in [2.45, 2.75) is 52.6 Å². The summed E-state index contributed by atoms with van der Waals surface area (Å²) in [5.74, 6) is 2.48. The summed E-state index contributed by atoms with van der Waals surface area (Å²) in [7, 11) is 0. The third-order valence-corrected chi connectivity index (χ3v) is 4.26. The number of benzene rings is 1. The summed E-state index contributed by atoms with van der Waals surface area (Å²) in [6, 6.07) is 8.43. The molecule has 0 radical (unpaired) electrons. The largest absolute Gasteiger partial charge is 0.491 e. The molecule has 1 aromatic carbocycles. The predicted molar refractivity (Wildman–Crippen MR) is 96.6 cm³/mol. The number of nitrogens with zero attached hydrogens (tertiary/aromatic N) is 1. The molecule has 1 aromatic heterocycles. The van der Waals surface area contributed by atoms with Crippen LogP contribution in [-0.4, -0.2) is 4.98 Å². The van der Waals surface area contributed by atoms with Gasteiger partial charge in [-0.1, -0.05) is 45.1 Å². The Morgan fingerprint density at radius 2 is 1.92 bits per heavy atom. The molecule has 0 amide bonds. The number of ether oxygens (including phenoxy) is 1. The van der Waals surface area contributed by atoms with Gasteiger partial charge in [-0.3, -0.25) is 0 Å². The summed E-state index contributed by atoms with van der Waals surface area (Å²) in [6.45, 7) is 9.02. The van der Waals surface area contributed by atoms with E-state index in [1.807, 2.05) is 19.1 Å². The number of hydrogen-bond acceptors (Lipinski definition) is 3. The van der Waals surface area contributed by atoms with Crippen molar-refractivity contribution in [1.82, 2.24) is 4.98 Å². The van der Waals surface area contributed by atoms with Gasteiger partial charge >= 0.3 is 0 Å². The average Bonchev–Trinajstić information content (AvgIpc) is 2.94. The molecule has 3 heteroatoms. The van der Waals surface area contributed by atoms with Crippen LogP contribution in [0.3, 0.4) is 0 Å². The van der Waals surface area contributed by atoms with Crippen LogP contribution >= 0.6 is 0 Å². The molecule has 0 saturated heterocycles. The van der Waals surface area contributed by atoms with E-state index in [9.17, 15) is 0 Å². The minimum atomic E-state index is 0.145. The Balaban J connectivity index is 1.73. The first-order valence-corrected chi connectivity index (χ1v) is 8.49. The third-order valence-electron chi connectivity index (χ3n) is 4.26. The van der Waals surface area contributed by atoms with E-state index in [1.165, 1.54) is 5.56 Å². The Morgan fingerprint density at radius 3 is 2.54 bits per heavy atom. The van der Waals surface area contributed by atoms with E-state index in [0.29, 0.717) is 12.5 Å². The molecule has 0 bridgehead atoms. The fourth-order valence-electron chi connectivity index (χ4n) is 2.66. The Kier molecular flexibility index (Phi) is 4.61. The van der Waals surface area contributed by atoms with Crippen LogP contribution in [0.4, 0.5) is 0 Å². The van der Waals surface area contributed by atoms with Crippen molar-refractivity contribution in [1.29, 1.82) is 0 Å². The summed E-state index contributed by atoms with van der Waals surface area (Å²) in [4.78, 5) is 4.62. The zero-order valence-electron chi connectivity index (χ0n) is 14.9. The maximum absolute atomic E-state index is 5.85. The molecule has 0 saturated carbocycles. The van der Waals surface area contributed by atoms with Gasteiger partial charge in [-0.2, -0.15) is 0 Å². The highest BCUT2D eigenvalue weighted by atomic mass is 16.5. The van der Waals surface area contributed by atoms with Crippen molar-refractivity contribution >= 4 is 0 Å². The second-order valence-electron chi connectivity index (χ2n) is 7.24. The number of hydrogen-bond donors (Lipinski definition) is 0. The van der Waals surface area contributed by atoms with Crippen molar-refractivity contribution in [3.8, 4) is 11.5 Å². The SMILES string of the molecule is Cc1oc(-c2ccc(C(C)(C)C)cc2)nc1COC1=CC=CCC1. The summed E-state index contributed by atoms with van der Waals surface area (Å²) in [6.07, 6.45) is 8.19. The lowest BCUT2D eigenvalue weighted by atomic mass is 9.87. The predicted octanol–water partition coefficient (Wildman–Crippen LogP) is 5.70. The van der Waals surface area contributed by atoms with Crippen LogP contribution in [0.1, 0.15) is 50.6 Å². The molecule has 0 atom stereocenters. The van der Waals surface area contributed by atoms with E-state index in [0.717, 1.165) is 35.6 Å². The lowest BCUT2D eigenvalue weighted by Gasteiger charge is -2.18. The smallest absolute Gasteiger partial charge is 0.226 e. The Morgan fingerprint density at radius 1 is 1.17 bits per heavy atom. The second-order valence-corrected chi connectivity index (χ2v) is 7.24. The van der Waals surface area contributed by atoms with E-state index >= 15 is 0 Å². The highest BCUT2D eigenvalue weighted by molar-refractivity contribution is 5.54. The van der Waals surface area contributed by atoms with Crippen molar-refractivity contribution in [2.24, 2.45) is 0 Å². The van der Waals surface area contributed by atoms with Gasteiger partial charge < -0.3 is 9.15 Å². The monoisotopic (exact) mass is 323 g/mol. The molecule has 0 N–H and O–H groups in total. The van der Waals surface area contributed by atoms with Gasteiger partial charge in [0.05, 0.1) is 5.76 Å². The molecule has 1 aliphatic rings. The lowest BCUT2D eigenvalue weighted by Crippen LogP contribution is -2.10. The van der Waals surface area contributed by atoms with E-state index in [-0.39, 0.29) is 5.41 Å². The molecule has 0 fully saturated rings. The maximum atomic E-state index is 5.85. The molecule has 0 spiro atoms. The minimum absolute atomic E-state index is 0.145. The topological polar surface area (TPSA) is 35.3 Å². The summed E-state index contributed by atoms with van der Waals surface area (Å²) < 4.78 is 11.7. The van der Waals surface area contributed by atoms with Crippen LogP contribution < -0.4 is 0 Å². The molecular weight excluding hydrogens is 298 g/mol. The van der Waals surface area contributed by atoms with Crippen LogP contribution in [0.5, 0.6) is 0 Å². The van der Waals surface area contributed by atoms with Crippen molar-refractivity contribution in [3.63, 3.8) is 0 Å². The first-order chi connectivity index (χ1) is 11.4. The Hall–Kier alpha value is -2.29. The van der Waals surface area contributed by atoms with Crippen molar-refractivity contribution in [3.05, 3.63) is 65.3 Å². The molecule has 0 unspecified atom stereocenters. The highest BCUT2D eigenvalue weighted by Crippen LogP contribution is 2.27. The van der Waals surface area contributed by atoms with Crippen molar-refractivity contribution < 1.29 is 9.15 Å². The fourth-order valence-corrected chi connectivity index (χ4v) is 2.66. The first-order valence-electron chi connectivity index (χ1n) is 8.49. The molecular formula is C21H25NO2. The maximum Gasteiger partial charge on any atom is 0.226 e. The minimum Gasteiger partial charge on any atom is -0.491 e. The third kappa shape index (κ3) is 3.78. The Labute approximate surface area is 144 Å². The lowest BCUT2D eigenvalue weighted by molar-refractivity contribution is 0.184. The normalized spacial score (nSPS) is 14.6. The van der Waals surface area contributed by atoms with Crippen LogP contribution in [0.25, 0.3) is 11.5 Å². The molecule has 126 valence electrons. The number of aryl methyl sites for hydroxylation is 1. The molecule has 3 rings (SSSR count). The highest BCUT2D eigenvalue weighted by Gasteiger charge is 2.16.